The molecule has 0 unspecified atom stereocenters. The van der Waals surface area contributed by atoms with Gasteiger partial charge in [-0.3, -0.25) is 0 Å². The lowest BCUT2D eigenvalue weighted by Crippen LogP contribution is -2.01. The van der Waals surface area contributed by atoms with Gasteiger partial charge < -0.3 is 4.74 Å². The highest BCUT2D eigenvalue weighted by molar-refractivity contribution is 5.91. The van der Waals surface area contributed by atoms with E-state index in [1.807, 2.05) is 19.1 Å². The maximum absolute atomic E-state index is 15.0. The molecule has 0 spiro atoms. The molecule has 3 aromatic rings. The molecule has 0 amide bonds. The van der Waals surface area contributed by atoms with E-state index in [4.69, 9.17) is 4.74 Å². The molecular weight excluding hydrogens is 435 g/mol. The smallest absolute Gasteiger partial charge is 0.201 e. The summed E-state index contributed by atoms with van der Waals surface area (Å²) in [7, 11) is 0. The average Bonchev–Trinajstić information content (AvgIpc) is 2.82. The first-order valence-corrected chi connectivity index (χ1v) is 10.5. The molecule has 0 radical (unpaired) electrons. The highest BCUT2D eigenvalue weighted by Gasteiger charge is 2.23. The van der Waals surface area contributed by atoms with Crippen LogP contribution < -0.4 is 4.74 Å². The van der Waals surface area contributed by atoms with Crippen LogP contribution >= 0.6 is 0 Å². The molecule has 1 nitrogen and oxygen atoms in total. The molecule has 33 heavy (non-hydrogen) atoms. The van der Waals surface area contributed by atoms with E-state index in [0.29, 0.717) is 0 Å². The largest absolute Gasteiger partial charge is 0.486 e. The minimum Gasteiger partial charge on any atom is -0.486 e. The van der Waals surface area contributed by atoms with Gasteiger partial charge in [0.15, 0.2) is 23.2 Å². The minimum atomic E-state index is -1.53. The molecule has 3 aromatic carbocycles. The van der Waals surface area contributed by atoms with Gasteiger partial charge in [0.25, 0.3) is 0 Å². The number of hydrogen-bond acceptors (Lipinski definition) is 1. The molecule has 172 valence electrons. The van der Waals surface area contributed by atoms with Crippen molar-refractivity contribution < 1.29 is 26.7 Å². The maximum atomic E-state index is 15.0. The predicted octanol–water partition coefficient (Wildman–Crippen LogP) is 8.49. The van der Waals surface area contributed by atoms with Crippen LogP contribution in [-0.2, 0) is 6.42 Å². The molecule has 0 saturated heterocycles. The van der Waals surface area contributed by atoms with Gasteiger partial charge in [0.1, 0.15) is 12.4 Å². The number of allylic oxidation sites excluding steroid dienone is 3. The number of hydrogen-bond donors (Lipinski definition) is 0. The van der Waals surface area contributed by atoms with E-state index >= 15 is 4.39 Å². The lowest BCUT2D eigenvalue weighted by molar-refractivity contribution is 0.333. The normalized spacial score (nSPS) is 12.7. The summed E-state index contributed by atoms with van der Waals surface area (Å²) in [5.74, 6) is -7.51. The van der Waals surface area contributed by atoms with Crippen molar-refractivity contribution in [1.82, 2.24) is 0 Å². The molecule has 0 bridgehead atoms. The van der Waals surface area contributed by atoms with E-state index < -0.39 is 45.8 Å². The Morgan fingerprint density at radius 3 is 2.18 bits per heavy atom. The van der Waals surface area contributed by atoms with Crippen molar-refractivity contribution in [2.45, 2.75) is 26.7 Å². The van der Waals surface area contributed by atoms with Gasteiger partial charge in [0, 0.05) is 11.1 Å². The highest BCUT2D eigenvalue weighted by Crippen LogP contribution is 2.36. The van der Waals surface area contributed by atoms with Gasteiger partial charge in [-0.2, -0.15) is 4.39 Å². The summed E-state index contributed by atoms with van der Waals surface area (Å²) in [5, 5.41) is -0.810. The van der Waals surface area contributed by atoms with Crippen LogP contribution in [0.5, 0.6) is 5.75 Å². The molecule has 6 heteroatoms. The quantitative estimate of drug-likeness (QED) is 0.187. The Balaban J connectivity index is 1.98. The van der Waals surface area contributed by atoms with Gasteiger partial charge in [0.05, 0.1) is 5.39 Å². The van der Waals surface area contributed by atoms with Crippen LogP contribution in [0.3, 0.4) is 0 Å². The summed E-state index contributed by atoms with van der Waals surface area (Å²) in [6, 6.07) is 9.41. The lowest BCUT2D eigenvalue weighted by atomic mass is 10.0. The van der Waals surface area contributed by atoms with Crippen LogP contribution in [0.1, 0.15) is 37.0 Å². The number of benzene rings is 3. The number of halogens is 5. The zero-order valence-corrected chi connectivity index (χ0v) is 18.3. The second-order valence-corrected chi connectivity index (χ2v) is 7.34. The third-order valence-corrected chi connectivity index (χ3v) is 5.13. The first-order valence-electron chi connectivity index (χ1n) is 10.5. The predicted molar refractivity (Wildman–Crippen MR) is 123 cm³/mol. The number of fused-ring (bicyclic) bond motifs is 1. The summed E-state index contributed by atoms with van der Waals surface area (Å²) >= 11 is 0. The van der Waals surface area contributed by atoms with Crippen LogP contribution in [0.25, 0.3) is 22.4 Å². The lowest BCUT2D eigenvalue weighted by Gasteiger charge is -2.11. The first kappa shape index (κ1) is 24.2. The Morgan fingerprint density at radius 2 is 1.52 bits per heavy atom. The fraction of sp³-hybridized carbons (Fsp3) is 0.185. The Bertz CT molecular complexity index is 1220. The Labute approximate surface area is 189 Å². The van der Waals surface area contributed by atoms with Gasteiger partial charge in [-0.15, -0.1) is 0 Å². The Hall–Kier alpha value is -3.41. The zero-order valence-electron chi connectivity index (χ0n) is 18.3. The molecular formula is C27H23F5O. The molecule has 0 atom stereocenters. The van der Waals surface area contributed by atoms with Crippen LogP contribution in [-0.4, -0.2) is 6.61 Å². The number of aryl methyl sites for hydroxylation is 1. The van der Waals surface area contributed by atoms with Gasteiger partial charge in [-0.05, 0) is 49.8 Å². The molecule has 0 aliphatic rings. The molecule has 3 rings (SSSR count). The third kappa shape index (κ3) is 5.33. The topological polar surface area (TPSA) is 9.23 Å². The summed E-state index contributed by atoms with van der Waals surface area (Å²) in [6.45, 7) is 3.64. The molecule has 0 aliphatic carbocycles. The van der Waals surface area contributed by atoms with Crippen LogP contribution in [0.4, 0.5) is 22.0 Å². The van der Waals surface area contributed by atoms with Crippen LogP contribution in [0.2, 0.25) is 0 Å². The maximum Gasteiger partial charge on any atom is 0.201 e. The summed E-state index contributed by atoms with van der Waals surface area (Å²) < 4.78 is 78.8. The second kappa shape index (κ2) is 10.9. The highest BCUT2D eigenvalue weighted by atomic mass is 19.2. The van der Waals surface area contributed by atoms with Crippen molar-refractivity contribution in [3.8, 4) is 5.75 Å². The van der Waals surface area contributed by atoms with Crippen molar-refractivity contribution in [2.75, 3.05) is 6.61 Å². The summed E-state index contributed by atoms with van der Waals surface area (Å²) in [6.07, 6.45) is 8.73. The van der Waals surface area contributed by atoms with Crippen molar-refractivity contribution in [1.29, 1.82) is 0 Å². The number of ether oxygens (including phenoxy) is 1. The van der Waals surface area contributed by atoms with Gasteiger partial charge in [-0.1, -0.05) is 54.6 Å². The van der Waals surface area contributed by atoms with Crippen molar-refractivity contribution >= 4 is 22.4 Å². The van der Waals surface area contributed by atoms with E-state index in [2.05, 4.69) is 0 Å². The SMILES string of the molecule is CC=CCOc1cc2ccc(C(F)=C(F)c3ccc(CC/C=C/C)cc3)c(F)c2c(F)c1F. The fourth-order valence-corrected chi connectivity index (χ4v) is 3.34. The van der Waals surface area contributed by atoms with Gasteiger partial charge >= 0.3 is 0 Å². The van der Waals surface area contributed by atoms with Crippen LogP contribution in [0.15, 0.2) is 66.8 Å². The molecule has 0 N–H and O–H groups in total. The van der Waals surface area contributed by atoms with Crippen molar-refractivity contribution in [3.63, 3.8) is 0 Å². The van der Waals surface area contributed by atoms with Gasteiger partial charge in [-0.25, -0.2) is 17.6 Å². The van der Waals surface area contributed by atoms with E-state index in [0.717, 1.165) is 30.5 Å². The van der Waals surface area contributed by atoms with E-state index in [-0.39, 0.29) is 17.6 Å². The average molecular weight is 458 g/mol. The monoisotopic (exact) mass is 458 g/mol. The molecule has 0 saturated carbocycles. The minimum absolute atomic E-state index is 0.00436. The summed E-state index contributed by atoms with van der Waals surface area (Å²) in [5.41, 5.74) is 0.0612. The number of rotatable bonds is 8. The molecule has 0 aromatic heterocycles. The Morgan fingerprint density at radius 1 is 0.818 bits per heavy atom. The van der Waals surface area contributed by atoms with E-state index in [1.54, 1.807) is 31.2 Å². The standard InChI is InChI=1S/C27H23F5O/c1-3-5-7-8-17-9-11-18(12-10-17)23(28)25(30)20-14-13-19-16-21(33-15-6-4-2)26(31)27(32)22(19)24(20)29/h3-6,9-14,16H,7-8,15H2,1-2H3/b5-3+,6-4?,25-23?. The zero-order chi connectivity index (χ0) is 24.0. The molecule has 0 aliphatic heterocycles. The Kier molecular flexibility index (Phi) is 8.04. The molecule has 0 heterocycles. The molecule has 0 fully saturated rings. The summed E-state index contributed by atoms with van der Waals surface area (Å²) in [4.78, 5) is 0. The first-order chi connectivity index (χ1) is 15.9. The third-order valence-electron chi connectivity index (χ3n) is 5.13. The van der Waals surface area contributed by atoms with Crippen LogP contribution in [0, 0.1) is 17.5 Å². The van der Waals surface area contributed by atoms with Gasteiger partial charge in [0.2, 0.25) is 5.82 Å². The van der Waals surface area contributed by atoms with E-state index in [9.17, 15) is 17.6 Å². The van der Waals surface area contributed by atoms with Crippen molar-refractivity contribution in [2.24, 2.45) is 0 Å². The van der Waals surface area contributed by atoms with Crippen molar-refractivity contribution in [3.05, 3.63) is 101 Å². The second-order valence-electron chi connectivity index (χ2n) is 7.34. The fourth-order valence-electron chi connectivity index (χ4n) is 3.34. The van der Waals surface area contributed by atoms with E-state index in [1.165, 1.54) is 18.2 Å².